The highest BCUT2D eigenvalue weighted by Crippen LogP contribution is 2.56. The van der Waals surface area contributed by atoms with Gasteiger partial charge in [-0.1, -0.05) is 120 Å². The summed E-state index contributed by atoms with van der Waals surface area (Å²) >= 11 is 5.94. The van der Waals surface area contributed by atoms with Crippen molar-refractivity contribution in [1.29, 1.82) is 0 Å². The molecule has 0 amide bonds. The normalized spacial score (nSPS) is 13.2. The number of hydrogen-bond acceptors (Lipinski definition) is 15. The van der Waals surface area contributed by atoms with Crippen molar-refractivity contribution in [2.24, 2.45) is 11.8 Å². The summed E-state index contributed by atoms with van der Waals surface area (Å²) in [6, 6.07) is 8.06. The second kappa shape index (κ2) is 31.9. The number of ether oxygens (including phenoxy) is 2. The largest absolute Gasteiger partial charge is 0.491 e. The lowest BCUT2D eigenvalue weighted by Crippen LogP contribution is -2.12. The van der Waals surface area contributed by atoms with Crippen LogP contribution in [0.15, 0.2) is 28.9 Å². The summed E-state index contributed by atoms with van der Waals surface area (Å²) in [6.07, 6.45) is 16.1. The minimum absolute atomic E-state index is 0.0559. The quantitative estimate of drug-likeness (QED) is 0.0270. The predicted octanol–water partition coefficient (Wildman–Crippen LogP) is 21.6. The van der Waals surface area contributed by atoms with Gasteiger partial charge in [-0.05, 0) is 123 Å². The van der Waals surface area contributed by atoms with Gasteiger partial charge in [0.15, 0.2) is 11.6 Å². The van der Waals surface area contributed by atoms with Crippen LogP contribution in [0.4, 0.5) is 8.78 Å². The third-order valence-corrected chi connectivity index (χ3v) is 23.6. The van der Waals surface area contributed by atoms with Gasteiger partial charge in [-0.2, -0.15) is 0 Å². The summed E-state index contributed by atoms with van der Waals surface area (Å²) in [5.74, 6) is 0.274. The zero-order valence-corrected chi connectivity index (χ0v) is 54.8. The second-order valence-electron chi connectivity index (χ2n) is 21.5. The maximum Gasteiger partial charge on any atom is 0.331 e. The predicted molar refractivity (Wildman–Crippen MR) is 337 cm³/mol. The lowest BCUT2D eigenvalue weighted by molar-refractivity contribution is 0.199. The average Bonchev–Trinajstić information content (AvgIpc) is 4.50. The van der Waals surface area contributed by atoms with Crippen molar-refractivity contribution in [2.45, 2.75) is 185 Å². The molecule has 7 rings (SSSR count). The van der Waals surface area contributed by atoms with Crippen molar-refractivity contribution in [1.82, 2.24) is 10.3 Å². The molecule has 0 bridgehead atoms. The first kappa shape index (κ1) is 65.5. The van der Waals surface area contributed by atoms with Gasteiger partial charge >= 0.3 is 15.2 Å². The van der Waals surface area contributed by atoms with Crippen LogP contribution in [0.1, 0.15) is 179 Å². The molecule has 0 N–H and O–H groups in total. The Morgan fingerprint density at radius 1 is 0.531 bits per heavy atom. The molecule has 0 spiro atoms. The molecule has 2 atom stereocenters. The molecule has 0 aliphatic rings. The molecule has 2 aromatic carbocycles. The maximum atomic E-state index is 17.5. The van der Waals surface area contributed by atoms with Crippen LogP contribution < -0.4 is 9.47 Å². The molecule has 0 aliphatic heterocycles. The first-order valence-corrected chi connectivity index (χ1v) is 36.8. The molecule has 5 aromatic heterocycles. The first-order valence-electron chi connectivity index (χ1n) is 30.1. The summed E-state index contributed by atoms with van der Waals surface area (Å²) in [4.78, 5) is 4.57. The highest BCUT2D eigenvalue weighted by molar-refractivity contribution is 7.54. The maximum absolute atomic E-state index is 17.5. The summed E-state index contributed by atoms with van der Waals surface area (Å²) < 4.78 is 109. The standard InChI is InChI=1S/C62H88F2N2O9P2S4/c1-11-19-25-43(17-7)39-69-58-47-35-41(9)78-61(47)59(70-40-44(18-8)26-20-12-2)48-38-51(81-62(48)58)60-46(28-34-77(68,73-31-23-15-5)74-32-24-16-6)37-50(80-60)53-55(64)54(63)52(56-57(53)66-75-65-56)49-36-45(42(10)79-49)27-33-76(67,71-29-21-13-3)72-30-22-14-4/h35-38,43-44H,11-34,39-40H2,1-10H3. The Labute approximate surface area is 496 Å². The van der Waals surface area contributed by atoms with Crippen LogP contribution >= 0.6 is 60.5 Å². The number of fused-ring (bicyclic) bond motifs is 3. The topological polar surface area (TPSA) is 128 Å². The molecule has 81 heavy (non-hydrogen) atoms. The van der Waals surface area contributed by atoms with E-state index in [1.165, 1.54) is 22.7 Å². The number of benzene rings is 2. The van der Waals surface area contributed by atoms with Gasteiger partial charge < -0.3 is 27.6 Å². The number of nitrogens with zero attached hydrogens (tertiary/aromatic N) is 2. The highest BCUT2D eigenvalue weighted by atomic mass is 32.1. The summed E-state index contributed by atoms with van der Waals surface area (Å²) in [5, 5.41) is 10.5. The average molecular weight is 1230 g/mol. The zero-order valence-electron chi connectivity index (χ0n) is 49.7. The van der Waals surface area contributed by atoms with E-state index in [1.807, 2.05) is 32.9 Å². The van der Waals surface area contributed by atoms with Gasteiger partial charge in [0.05, 0.1) is 72.5 Å². The van der Waals surface area contributed by atoms with Crippen molar-refractivity contribution in [3.8, 4) is 42.1 Å². The molecule has 11 nitrogen and oxygen atoms in total. The SMILES string of the molecule is CCCCOP(=O)(CCc1cc(-c2c(F)c(F)c(-c3cc(CCP(=O)(OCCCC)OCCCC)c(-c4cc5c(OCC(CC)CCCC)c6sc(C)cc6c(OCC(CC)CCCC)c5s4)s3)c3nonc23)sc1C)OCCCC. The molecule has 0 aliphatic carbocycles. The number of unbranched alkanes of at least 4 members (excludes halogenated alkanes) is 6. The zero-order chi connectivity index (χ0) is 58.1. The van der Waals surface area contributed by atoms with Gasteiger partial charge in [0.2, 0.25) is 0 Å². The lowest BCUT2D eigenvalue weighted by Gasteiger charge is -2.19. The van der Waals surface area contributed by atoms with Crippen LogP contribution in [0, 0.1) is 37.3 Å². The molecule has 2 unspecified atom stereocenters. The fourth-order valence-corrected chi connectivity index (χ4v) is 17.9. The van der Waals surface area contributed by atoms with Gasteiger partial charge in [-0.25, -0.2) is 13.4 Å². The summed E-state index contributed by atoms with van der Waals surface area (Å²) in [7, 11) is -7.02. The van der Waals surface area contributed by atoms with E-state index in [0.717, 1.165) is 165 Å². The number of aromatic nitrogens is 2. The third-order valence-electron chi connectivity index (χ3n) is 15.1. The Balaban J connectivity index is 1.37. The molecule has 7 aromatic rings. The molecular formula is C62H88F2N2O9P2S4. The Kier molecular flexibility index (Phi) is 25.8. The van der Waals surface area contributed by atoms with E-state index in [4.69, 9.17) is 32.2 Å². The Bertz CT molecular complexity index is 3100. The number of halogens is 2. The van der Waals surface area contributed by atoms with Crippen molar-refractivity contribution in [3.05, 3.63) is 56.8 Å². The van der Waals surface area contributed by atoms with Crippen molar-refractivity contribution >= 4 is 91.7 Å². The van der Waals surface area contributed by atoms with Crippen LogP contribution in [0.2, 0.25) is 0 Å². The second-order valence-corrected chi connectivity index (χ2v) is 30.5. The van der Waals surface area contributed by atoms with E-state index >= 15 is 8.78 Å². The van der Waals surface area contributed by atoms with Crippen LogP contribution in [-0.2, 0) is 40.1 Å². The van der Waals surface area contributed by atoms with Crippen LogP contribution in [-0.4, -0.2) is 62.3 Å². The Morgan fingerprint density at radius 2 is 0.963 bits per heavy atom. The number of hydrogen-bond donors (Lipinski definition) is 0. The smallest absolute Gasteiger partial charge is 0.331 e. The molecule has 0 saturated carbocycles. The summed E-state index contributed by atoms with van der Waals surface area (Å²) in [5.41, 5.74) is 1.63. The van der Waals surface area contributed by atoms with Crippen molar-refractivity contribution in [3.63, 3.8) is 0 Å². The van der Waals surface area contributed by atoms with Crippen LogP contribution in [0.25, 0.3) is 61.8 Å². The van der Waals surface area contributed by atoms with Crippen molar-refractivity contribution in [2.75, 3.05) is 52.0 Å². The van der Waals surface area contributed by atoms with Gasteiger partial charge in [0, 0.05) is 40.0 Å². The Hall–Kier alpha value is -3.08. The Morgan fingerprint density at radius 3 is 1.43 bits per heavy atom. The molecule has 448 valence electrons. The molecular weight excluding hydrogens is 1140 g/mol. The molecule has 5 heterocycles. The molecule has 0 saturated heterocycles. The van der Waals surface area contributed by atoms with Gasteiger partial charge in [0.1, 0.15) is 22.5 Å². The highest BCUT2D eigenvalue weighted by Gasteiger charge is 2.33. The van der Waals surface area contributed by atoms with E-state index in [2.05, 4.69) is 70.9 Å². The van der Waals surface area contributed by atoms with E-state index < -0.39 is 26.8 Å². The minimum Gasteiger partial charge on any atom is -0.491 e. The van der Waals surface area contributed by atoms with E-state index in [0.29, 0.717) is 67.7 Å². The van der Waals surface area contributed by atoms with Gasteiger partial charge in [0.25, 0.3) is 0 Å². The fraction of sp³-hybridized carbons (Fsp3) is 0.613. The molecule has 19 heteroatoms. The van der Waals surface area contributed by atoms with E-state index in [-0.39, 0.29) is 40.9 Å². The van der Waals surface area contributed by atoms with Gasteiger partial charge in [-0.3, -0.25) is 9.13 Å². The lowest BCUT2D eigenvalue weighted by atomic mass is 10.0. The number of rotatable bonds is 39. The third kappa shape index (κ3) is 16.7. The van der Waals surface area contributed by atoms with Crippen LogP contribution in [0.5, 0.6) is 11.5 Å². The monoisotopic (exact) mass is 1230 g/mol. The fourth-order valence-electron chi connectivity index (χ4n) is 9.89. The van der Waals surface area contributed by atoms with E-state index in [9.17, 15) is 9.13 Å². The van der Waals surface area contributed by atoms with Gasteiger partial charge in [-0.15, -0.1) is 45.3 Å². The minimum atomic E-state index is -3.60. The number of thiophene rings is 4. The number of aryl methyl sites for hydroxylation is 4. The first-order chi connectivity index (χ1) is 39.2. The van der Waals surface area contributed by atoms with Crippen molar-refractivity contribution < 1.29 is 50.1 Å². The summed E-state index contributed by atoms with van der Waals surface area (Å²) in [6.45, 7) is 23.6. The molecule has 0 radical (unpaired) electrons. The molecule has 0 fully saturated rings. The van der Waals surface area contributed by atoms with Crippen LogP contribution in [0.3, 0.4) is 0 Å². The van der Waals surface area contributed by atoms with E-state index in [1.54, 1.807) is 22.7 Å².